The lowest BCUT2D eigenvalue weighted by atomic mass is 9.87. The number of carbonyl (C=O) groups is 17. The van der Waals surface area contributed by atoms with Crippen molar-refractivity contribution in [2.24, 2.45) is 11.5 Å². The van der Waals surface area contributed by atoms with Gasteiger partial charge in [0, 0.05) is 133 Å². The molecule has 0 unspecified atom stereocenters. The molecule has 2 aliphatic rings. The van der Waals surface area contributed by atoms with Gasteiger partial charge in [-0.2, -0.15) is 0 Å². The number of aryl methyl sites for hydroxylation is 1. The molecule has 8 rings (SSSR count). The molecule has 2 saturated heterocycles. The van der Waals surface area contributed by atoms with Gasteiger partial charge in [-0.1, -0.05) is 119 Å². The van der Waals surface area contributed by atoms with E-state index in [2.05, 4.69) is 97.6 Å². The van der Waals surface area contributed by atoms with Crippen molar-refractivity contribution in [2.75, 3.05) is 52.3 Å². The molecule has 2 fully saturated rings. The van der Waals surface area contributed by atoms with E-state index in [0.29, 0.717) is 38.9 Å². The van der Waals surface area contributed by atoms with Gasteiger partial charge in [-0.3, -0.25) is 86.5 Å². The number of benzene rings is 4. The van der Waals surface area contributed by atoms with Gasteiger partial charge in [0.2, 0.25) is 100 Å². The van der Waals surface area contributed by atoms with Crippen LogP contribution in [0.5, 0.6) is 5.75 Å². The average Bonchev–Trinajstić information content (AvgIpc) is 1.40. The number of primary amides is 2. The number of nitrogens with two attached hydrogens (primary N) is 2. The highest BCUT2D eigenvalue weighted by molar-refractivity contribution is 8.77. The molecular weight excluding hydrogens is 1770 g/mol. The van der Waals surface area contributed by atoms with Crippen molar-refractivity contribution in [1.29, 1.82) is 0 Å². The van der Waals surface area contributed by atoms with Gasteiger partial charge in [0.05, 0.1) is 19.1 Å². The fourth-order valence-corrected chi connectivity index (χ4v) is 18.1. The minimum Gasteiger partial charge on any atom is -0.490 e. The molecule has 0 aliphatic carbocycles. The van der Waals surface area contributed by atoms with Crippen molar-refractivity contribution in [3.63, 3.8) is 0 Å². The van der Waals surface area contributed by atoms with Crippen molar-refractivity contribution >= 4 is 144 Å². The Morgan fingerprint density at radius 3 is 1.90 bits per heavy atom. The third-order valence-electron chi connectivity index (χ3n) is 22.4. The molecule has 6 aromatic rings. The van der Waals surface area contributed by atoms with Gasteiger partial charge in [0.1, 0.15) is 84.4 Å². The summed E-state index contributed by atoms with van der Waals surface area (Å²) in [5.74, 6) is -15.2. The third kappa shape index (κ3) is 32.6. The lowest BCUT2D eigenvalue weighted by Gasteiger charge is -2.38. The quantitative estimate of drug-likeness (QED) is 0.0140. The topological polar surface area (TPSA) is 581 Å². The SMILES string of the molecule is C=CCOc1ccc(C[C@H](NC(=O)[C@@H]2CSSC(C)(C)[C@H](NC(C)=O)C(=O)N[C@@H](CC=C)C(=O)N[C@@H]([C@@H](C)O)C(=O)N[C@@H](Cc3c[nH]c4c(C)cccc34)C(=O)N[C@@H](CCCCNC(C)=O)C(=O)N2)C(=O)N[C@@H](Cc2ccc3ccccc3c2)C(=O)NC2(C(=O)N[C@@H](CCCCNC(C)=O)C(=O)N[C@@H](CC(N)=O)C(=O)N[C@@H](Cc3cccnc3)C(=O)N(C)CC(N)=O)CCOCC2)cc1. The van der Waals surface area contributed by atoms with Crippen LogP contribution in [0.25, 0.3) is 21.7 Å². The number of fused-ring (bicyclic) bond motifs is 2. The number of nitrogens with one attached hydrogen (secondary N) is 15. The van der Waals surface area contributed by atoms with Crippen LogP contribution in [-0.4, -0.2) is 256 Å². The summed E-state index contributed by atoms with van der Waals surface area (Å²) in [4.78, 5) is 253. The number of para-hydroxylation sites is 1. The van der Waals surface area contributed by atoms with Crippen LogP contribution in [0.4, 0.5) is 0 Å². The molecule has 0 saturated carbocycles. The van der Waals surface area contributed by atoms with Crippen LogP contribution < -0.4 is 90.6 Å². The zero-order valence-corrected chi connectivity index (χ0v) is 78.0. The van der Waals surface area contributed by atoms with E-state index in [1.54, 1.807) is 92.8 Å². The highest BCUT2D eigenvalue weighted by atomic mass is 33.1. The number of rotatable bonds is 42. The summed E-state index contributed by atoms with van der Waals surface area (Å²) in [6, 6.07) is 9.72. The van der Waals surface area contributed by atoms with Crippen LogP contribution in [-0.2, 0) is 112 Å². The molecule has 39 nitrogen and oxygen atoms in total. The Kier molecular flexibility index (Phi) is 40.9. The second-order valence-electron chi connectivity index (χ2n) is 33.8. The summed E-state index contributed by atoms with van der Waals surface area (Å²) in [7, 11) is 3.17. The molecule has 0 radical (unpaired) electrons. The second-order valence-corrected chi connectivity index (χ2v) is 36.8. The number of aliphatic hydroxyl groups excluding tert-OH is 1. The Labute approximate surface area is 784 Å². The molecule has 722 valence electrons. The van der Waals surface area contributed by atoms with E-state index in [1.165, 1.54) is 52.4 Å². The maximum Gasteiger partial charge on any atom is 0.246 e. The number of aliphatic hydroxyl groups is 1. The van der Waals surface area contributed by atoms with Crippen molar-refractivity contribution in [3.8, 4) is 5.75 Å². The number of hydrogen-bond donors (Lipinski definition) is 18. The first kappa shape index (κ1) is 106. The van der Waals surface area contributed by atoms with E-state index in [0.717, 1.165) is 49.7 Å². The minimum atomic E-state index is -1.99. The summed E-state index contributed by atoms with van der Waals surface area (Å²) in [5, 5.41) is 51.5. The normalized spacial score (nSPS) is 19.1. The highest BCUT2D eigenvalue weighted by Gasteiger charge is 2.47. The number of amides is 17. The van der Waals surface area contributed by atoms with Gasteiger partial charge in [-0.25, -0.2) is 0 Å². The first-order valence-electron chi connectivity index (χ1n) is 44.1. The van der Waals surface area contributed by atoms with Crippen molar-refractivity contribution in [3.05, 3.63) is 169 Å². The first-order chi connectivity index (χ1) is 63.8. The number of nitrogens with zero attached hydrogens (tertiary/aromatic N) is 2. The fraction of sp³-hybridized carbons (Fsp3) is 0.462. The van der Waals surface area contributed by atoms with E-state index in [4.69, 9.17) is 20.9 Å². The van der Waals surface area contributed by atoms with Crippen LogP contribution in [0.2, 0.25) is 0 Å². The average molecular weight is 1890 g/mol. The molecule has 4 aromatic carbocycles. The smallest absolute Gasteiger partial charge is 0.246 e. The van der Waals surface area contributed by atoms with Crippen LogP contribution in [0.15, 0.2) is 141 Å². The Hall–Kier alpha value is -13.3. The van der Waals surface area contributed by atoms with Crippen molar-refractivity contribution in [2.45, 2.75) is 221 Å². The molecule has 4 heterocycles. The molecule has 20 N–H and O–H groups in total. The Balaban J connectivity index is 1.20. The van der Waals surface area contributed by atoms with Crippen LogP contribution in [0.1, 0.15) is 134 Å². The second kappa shape index (κ2) is 51.7. The molecule has 2 aliphatic heterocycles. The zero-order valence-electron chi connectivity index (χ0n) is 76.4. The highest BCUT2D eigenvalue weighted by Crippen LogP contribution is 2.39. The molecule has 134 heavy (non-hydrogen) atoms. The summed E-state index contributed by atoms with van der Waals surface area (Å²) in [6.45, 7) is 17.0. The summed E-state index contributed by atoms with van der Waals surface area (Å²) in [6.07, 6.45) is 3.41. The standard InChI is InChI=1S/C93H123N19O20S2/c1-11-21-66-82(121)110-78(54(4)113)88(127)106-71(47-63-50-99-77-53(3)22-19-26-65(63)77)84(123)101-67(27-15-17-38-97-55(5)114)80(119)108-74(52-133-134-92(8,9)79(89(128)102-66)100-57(7)116)86(125)103-69(44-58-30-33-64(34-31-58)132-40-12-2)83(122)104-70(45-59-29-32-61-24-13-14-25-62(61)43-59)87(126)111-93(35-41-131-42-36-93)91(130)109-68(28-16-18-39-98-56(6)115)81(120)105-72(48-75(94)117)85(124)107-73(46-60-23-20-37-96-49-60)90(129)112(10)51-76(95)118/h11-14,19-20,22-26,29-34,37,43,49-50,54,66-74,78-79,99,113H,1-2,15-18,21,27-28,35-36,38-42,44-48,51-52H2,3-10H3,(H2,94,117)(H2,95,118)(H,97,114)(H,98,115)(H,100,116)(H,101,123)(H,102,128)(H,103,125)(H,104,122)(H,105,120)(H,106,127)(H,107,124)(H,108,119)(H,109,130)(H,110,121)(H,111,126)/t54-,66+,67+,68+,69+,70+,71+,72+,73+,74+,78+,79-/m1/s1. The third-order valence-corrected chi connectivity index (χ3v) is 25.7. The van der Waals surface area contributed by atoms with Gasteiger partial charge in [-0.05, 0) is 129 Å². The zero-order chi connectivity index (χ0) is 97.9. The number of carbonyl (C=O) groups excluding carboxylic acids is 17. The molecule has 0 bridgehead atoms. The fourth-order valence-electron chi connectivity index (χ4n) is 15.2. The molecule has 41 heteroatoms. The lowest BCUT2D eigenvalue weighted by molar-refractivity contribution is -0.141. The summed E-state index contributed by atoms with van der Waals surface area (Å²) < 4.78 is 10.2. The molecule has 0 spiro atoms. The van der Waals surface area contributed by atoms with E-state index in [-0.39, 0.29) is 128 Å². The van der Waals surface area contributed by atoms with E-state index in [1.807, 2.05) is 31.2 Å². The van der Waals surface area contributed by atoms with Gasteiger partial charge >= 0.3 is 0 Å². The Morgan fingerprint density at radius 2 is 1.25 bits per heavy atom. The number of hydrogen-bond acceptors (Lipinski definition) is 23. The summed E-state index contributed by atoms with van der Waals surface area (Å²) >= 11 is 0. The maximum atomic E-state index is 16.1. The number of likely N-dealkylation sites (N-methyl/N-ethyl adjacent to an activating group) is 1. The predicted octanol–water partition coefficient (Wildman–Crippen LogP) is 0.440. The van der Waals surface area contributed by atoms with E-state index < -0.39 is 190 Å². The summed E-state index contributed by atoms with van der Waals surface area (Å²) in [5.41, 5.74) is 12.5. The number of aromatic amines is 1. The monoisotopic (exact) mass is 1890 g/mol. The number of ether oxygens (including phenoxy) is 2. The van der Waals surface area contributed by atoms with Gasteiger partial charge in [0.25, 0.3) is 0 Å². The van der Waals surface area contributed by atoms with E-state index in [9.17, 15) is 53.1 Å². The molecule has 12 atom stereocenters. The van der Waals surface area contributed by atoms with Crippen LogP contribution in [0.3, 0.4) is 0 Å². The van der Waals surface area contributed by atoms with Gasteiger partial charge < -0.3 is 110 Å². The van der Waals surface area contributed by atoms with Gasteiger partial charge in [0.15, 0.2) is 0 Å². The maximum absolute atomic E-state index is 16.1. The molecular formula is C93H123N19O20S2. The molecule has 2 aromatic heterocycles. The van der Waals surface area contributed by atoms with Crippen LogP contribution >= 0.6 is 21.6 Å². The lowest BCUT2D eigenvalue weighted by Crippen LogP contribution is -2.67. The molecule has 17 amide bonds. The first-order valence-corrected chi connectivity index (χ1v) is 46.5. The Morgan fingerprint density at radius 1 is 0.634 bits per heavy atom. The van der Waals surface area contributed by atoms with E-state index >= 15 is 33.6 Å². The number of pyridine rings is 1. The van der Waals surface area contributed by atoms with Crippen LogP contribution in [0, 0.1) is 6.92 Å². The van der Waals surface area contributed by atoms with Crippen molar-refractivity contribution in [1.82, 2.24) is 89.3 Å². The largest absolute Gasteiger partial charge is 0.490 e. The van der Waals surface area contributed by atoms with Gasteiger partial charge in [-0.15, -0.1) is 6.58 Å². The van der Waals surface area contributed by atoms with Crippen molar-refractivity contribution < 1.29 is 96.1 Å². The number of aromatic nitrogens is 2. The predicted molar refractivity (Wildman–Crippen MR) is 502 cm³/mol. The Bertz CT molecular complexity index is 5210. The minimum absolute atomic E-state index is 0.111. The number of unbranched alkanes of at least 4 members (excludes halogenated alkanes) is 2. The number of H-pyrrole nitrogens is 1.